The molecule has 0 radical (unpaired) electrons. The van der Waals surface area contributed by atoms with Crippen molar-refractivity contribution in [1.29, 1.82) is 0 Å². The fourth-order valence-corrected chi connectivity index (χ4v) is 3.87. The Kier molecular flexibility index (Phi) is 8.55. The van der Waals surface area contributed by atoms with Crippen molar-refractivity contribution in [2.24, 2.45) is 0 Å². The van der Waals surface area contributed by atoms with Gasteiger partial charge in [0.15, 0.2) is 69.6 Å². The number of rotatable bonds is 9. The highest BCUT2D eigenvalue weighted by atomic mass is 19.2. The highest BCUT2D eigenvalue weighted by Crippen LogP contribution is 2.28. The highest BCUT2D eigenvalue weighted by Gasteiger charge is 2.43. The van der Waals surface area contributed by atoms with E-state index in [0.29, 0.717) is 0 Å². The molecule has 0 amide bonds. The van der Waals surface area contributed by atoms with Crippen molar-refractivity contribution in [3.63, 3.8) is 0 Å². The van der Waals surface area contributed by atoms with Gasteiger partial charge in [-0.15, -0.1) is 0 Å². The summed E-state index contributed by atoms with van der Waals surface area (Å²) < 4.78 is 149. The third-order valence-corrected chi connectivity index (χ3v) is 5.22. The lowest BCUT2D eigenvalue weighted by molar-refractivity contribution is 0.317. The number of ether oxygens (including phenoxy) is 3. The molecule has 0 N–H and O–H groups in total. The van der Waals surface area contributed by atoms with E-state index in [0.717, 1.165) is 0 Å². The predicted molar refractivity (Wildman–Crippen MR) is 117 cm³/mol. The van der Waals surface area contributed by atoms with Gasteiger partial charge >= 0.3 is 0 Å². The van der Waals surface area contributed by atoms with Crippen LogP contribution in [0, 0.1) is 52.4 Å². The van der Waals surface area contributed by atoms with Gasteiger partial charge in [0.1, 0.15) is 0 Å². The van der Waals surface area contributed by atoms with Crippen LogP contribution in [0.4, 0.5) is 39.5 Å². The summed E-state index contributed by atoms with van der Waals surface area (Å²) in [6, 6.07) is 0.163. The van der Waals surface area contributed by atoms with E-state index in [1.54, 1.807) is 0 Å². The van der Waals surface area contributed by atoms with Gasteiger partial charge in [-0.25, -0.2) is 39.5 Å². The zero-order valence-corrected chi connectivity index (χ0v) is 19.6. The van der Waals surface area contributed by atoms with Crippen LogP contribution in [0.15, 0.2) is 18.2 Å². The first-order valence-electron chi connectivity index (χ1n) is 10.9. The smallest absolute Gasteiger partial charge is 0.268 e. The average molecular weight is 536 g/mol. The summed E-state index contributed by atoms with van der Waals surface area (Å²) in [7, 11) is 0. The van der Waals surface area contributed by atoms with E-state index < -0.39 is 113 Å². The summed E-state index contributed by atoms with van der Waals surface area (Å²) in [5, 5.41) is 0. The lowest BCUT2D eigenvalue weighted by Crippen LogP contribution is -2.58. The number of hydrogen-bond donors (Lipinski definition) is 0. The molecule has 37 heavy (non-hydrogen) atoms. The van der Waals surface area contributed by atoms with Gasteiger partial charge in [-0.3, -0.25) is 0 Å². The number of halogens is 9. The molecule has 3 aromatic carbocycles. The standard InChI is InChI=1S/C24H18BF9O3/c1-4-35-22-13(29)7-10(26)19(32)16(22)25(17-20(33)11(27)8-14(30)23(17)36-5-2)18-21(34)12(28)9-15(31)24(18)37-6-3/h7-9H,4-6H2,1-3H3. The van der Waals surface area contributed by atoms with Crippen LogP contribution in [0.2, 0.25) is 0 Å². The highest BCUT2D eigenvalue weighted by molar-refractivity contribution is 6.97. The normalized spacial score (nSPS) is 11.0. The molecule has 3 nitrogen and oxygen atoms in total. The Morgan fingerprint density at radius 1 is 0.459 bits per heavy atom. The van der Waals surface area contributed by atoms with Crippen molar-refractivity contribution in [2.75, 3.05) is 19.8 Å². The molecule has 0 bridgehead atoms. The summed E-state index contributed by atoms with van der Waals surface area (Å²) in [6.45, 7) is -0.00920. The lowest BCUT2D eigenvalue weighted by atomic mass is 9.35. The Bertz CT molecular complexity index is 1170. The van der Waals surface area contributed by atoms with Crippen LogP contribution in [0.1, 0.15) is 20.8 Å². The predicted octanol–water partition coefficient (Wildman–Crippen LogP) is 4.65. The molecule has 0 saturated carbocycles. The summed E-state index contributed by atoms with van der Waals surface area (Å²) in [6.07, 6.45) is 0. The Morgan fingerprint density at radius 2 is 0.703 bits per heavy atom. The molecule has 3 aromatic rings. The van der Waals surface area contributed by atoms with E-state index in [2.05, 4.69) is 0 Å². The first-order chi connectivity index (χ1) is 17.5. The number of benzene rings is 3. The molecular weight excluding hydrogens is 518 g/mol. The van der Waals surface area contributed by atoms with Crippen LogP contribution in [-0.4, -0.2) is 26.5 Å². The summed E-state index contributed by atoms with van der Waals surface area (Å²) in [5.74, 6) is -19.8. The molecule has 3 rings (SSSR count). The Hall–Kier alpha value is -3.51. The van der Waals surface area contributed by atoms with E-state index >= 15 is 13.2 Å². The van der Waals surface area contributed by atoms with Gasteiger partial charge in [-0.1, -0.05) is 0 Å². The van der Waals surface area contributed by atoms with Gasteiger partial charge in [0.2, 0.25) is 0 Å². The molecule has 198 valence electrons. The lowest BCUT2D eigenvalue weighted by Gasteiger charge is -2.25. The van der Waals surface area contributed by atoms with E-state index in [4.69, 9.17) is 14.2 Å². The van der Waals surface area contributed by atoms with Crippen LogP contribution in [0.5, 0.6) is 17.2 Å². The SMILES string of the molecule is CCOc1c(F)cc(F)c(F)c1B(c1c(F)c(F)cc(F)c1OCC)c1c(F)c(F)cc(F)c1OCC. The molecule has 0 aliphatic heterocycles. The van der Waals surface area contributed by atoms with E-state index in [1.807, 2.05) is 0 Å². The zero-order valence-electron chi connectivity index (χ0n) is 19.6. The third kappa shape index (κ3) is 5.03. The first-order valence-corrected chi connectivity index (χ1v) is 10.9. The van der Waals surface area contributed by atoms with Crippen molar-refractivity contribution >= 4 is 23.1 Å². The molecular formula is C24H18BF9O3. The van der Waals surface area contributed by atoms with E-state index in [1.165, 1.54) is 20.8 Å². The maximum absolute atomic E-state index is 15.4. The molecule has 13 heteroatoms. The third-order valence-electron chi connectivity index (χ3n) is 5.22. The Labute approximate surface area is 205 Å². The zero-order chi connectivity index (χ0) is 27.6. The first kappa shape index (κ1) is 28.1. The van der Waals surface area contributed by atoms with Crippen molar-refractivity contribution in [1.82, 2.24) is 0 Å². The van der Waals surface area contributed by atoms with Crippen LogP contribution >= 0.6 is 0 Å². The second kappa shape index (κ2) is 11.3. The van der Waals surface area contributed by atoms with E-state index in [-0.39, 0.29) is 18.2 Å². The van der Waals surface area contributed by atoms with Crippen LogP contribution < -0.4 is 30.6 Å². The fraction of sp³-hybridized carbons (Fsp3) is 0.250. The maximum Gasteiger partial charge on any atom is 0.268 e. The van der Waals surface area contributed by atoms with Crippen LogP contribution in [0.25, 0.3) is 0 Å². The van der Waals surface area contributed by atoms with Crippen molar-refractivity contribution in [3.05, 3.63) is 70.6 Å². The summed E-state index contributed by atoms with van der Waals surface area (Å²) in [4.78, 5) is 0. The molecule has 0 aliphatic carbocycles. The minimum Gasteiger partial charge on any atom is -0.491 e. The molecule has 0 aliphatic rings. The maximum atomic E-state index is 15.4. The molecule has 0 spiro atoms. The Balaban J connectivity index is 2.68. The molecule has 0 aromatic heterocycles. The van der Waals surface area contributed by atoms with Gasteiger partial charge in [-0.2, -0.15) is 0 Å². The van der Waals surface area contributed by atoms with Crippen molar-refractivity contribution < 1.29 is 53.7 Å². The summed E-state index contributed by atoms with van der Waals surface area (Å²) in [5.41, 5.74) is -4.06. The second-order valence-electron chi connectivity index (χ2n) is 7.42. The molecule has 0 atom stereocenters. The number of hydrogen-bond acceptors (Lipinski definition) is 3. The van der Waals surface area contributed by atoms with Gasteiger partial charge < -0.3 is 14.2 Å². The Morgan fingerprint density at radius 3 is 0.919 bits per heavy atom. The monoisotopic (exact) mass is 536 g/mol. The molecule has 0 unspecified atom stereocenters. The van der Waals surface area contributed by atoms with Gasteiger partial charge in [0.05, 0.1) is 19.8 Å². The van der Waals surface area contributed by atoms with Gasteiger partial charge in [-0.05, 0) is 20.8 Å². The van der Waals surface area contributed by atoms with Crippen molar-refractivity contribution in [3.8, 4) is 17.2 Å². The molecule has 0 heterocycles. The fourth-order valence-electron chi connectivity index (χ4n) is 3.87. The van der Waals surface area contributed by atoms with E-state index in [9.17, 15) is 26.3 Å². The second-order valence-corrected chi connectivity index (χ2v) is 7.42. The molecule has 0 fully saturated rings. The quantitative estimate of drug-likeness (QED) is 0.227. The van der Waals surface area contributed by atoms with Crippen LogP contribution in [0.3, 0.4) is 0 Å². The van der Waals surface area contributed by atoms with Crippen LogP contribution in [-0.2, 0) is 0 Å². The van der Waals surface area contributed by atoms with Gasteiger partial charge in [0.25, 0.3) is 6.71 Å². The molecule has 0 saturated heterocycles. The average Bonchev–Trinajstić information content (AvgIpc) is 2.83. The minimum absolute atomic E-state index is 0.0544. The van der Waals surface area contributed by atoms with Crippen molar-refractivity contribution in [2.45, 2.75) is 20.8 Å². The minimum atomic E-state index is -2.68. The summed E-state index contributed by atoms with van der Waals surface area (Å²) >= 11 is 0. The largest absolute Gasteiger partial charge is 0.491 e. The van der Waals surface area contributed by atoms with Gasteiger partial charge in [0, 0.05) is 34.6 Å². The topological polar surface area (TPSA) is 27.7 Å².